The maximum Gasteiger partial charge on any atom is 0.326 e. The zero-order chi connectivity index (χ0) is 18.7. The summed E-state index contributed by atoms with van der Waals surface area (Å²) in [4.78, 5) is 51.3. The number of amides is 3. The predicted molar refractivity (Wildman–Crippen MR) is 92.1 cm³/mol. The summed E-state index contributed by atoms with van der Waals surface area (Å²) in [5.74, 6) is -1.52. The molecule has 3 rings (SSSR count). The maximum atomic E-state index is 12.4. The van der Waals surface area contributed by atoms with E-state index in [1.54, 1.807) is 29.2 Å². The molecule has 1 fully saturated rings. The quantitative estimate of drug-likeness (QED) is 0.593. The van der Waals surface area contributed by atoms with Gasteiger partial charge in [-0.25, -0.2) is 0 Å². The average Bonchev–Trinajstić information content (AvgIpc) is 2.63. The standard InChI is InChI=1S/C19H22N2O5/c1-13-5-4-8-20(10-13)17(23)12-26-18(24)11-21-16(22)9-14-6-2-3-7-15(14)19(21)25/h2-3,6-7,13H,4-5,8-12H2,1H3/t13-/m1/s1. The average molecular weight is 358 g/mol. The Balaban J connectivity index is 1.54. The number of ether oxygens (including phenoxy) is 1. The molecule has 0 aliphatic carbocycles. The number of carbonyl (C=O) groups excluding carboxylic acids is 4. The van der Waals surface area contributed by atoms with Crippen LogP contribution in [0.3, 0.4) is 0 Å². The molecular formula is C19H22N2O5. The summed E-state index contributed by atoms with van der Waals surface area (Å²) in [6, 6.07) is 6.82. The fourth-order valence-corrected chi connectivity index (χ4v) is 3.38. The molecule has 3 amide bonds. The molecule has 1 aromatic carbocycles. The van der Waals surface area contributed by atoms with Crippen molar-refractivity contribution in [2.75, 3.05) is 26.2 Å². The number of imide groups is 1. The van der Waals surface area contributed by atoms with Gasteiger partial charge < -0.3 is 9.64 Å². The van der Waals surface area contributed by atoms with Gasteiger partial charge in [-0.15, -0.1) is 0 Å². The number of rotatable bonds is 4. The van der Waals surface area contributed by atoms with E-state index in [2.05, 4.69) is 6.92 Å². The van der Waals surface area contributed by atoms with Crippen LogP contribution < -0.4 is 0 Å². The van der Waals surface area contributed by atoms with Crippen molar-refractivity contribution in [2.24, 2.45) is 5.92 Å². The fourth-order valence-electron chi connectivity index (χ4n) is 3.38. The highest BCUT2D eigenvalue weighted by atomic mass is 16.5. The Morgan fingerprint density at radius 1 is 1.23 bits per heavy atom. The van der Waals surface area contributed by atoms with E-state index in [1.165, 1.54) is 0 Å². The summed E-state index contributed by atoms with van der Waals surface area (Å²) in [6.45, 7) is 2.57. The van der Waals surface area contributed by atoms with Gasteiger partial charge in [0.1, 0.15) is 6.54 Å². The Labute approximate surface area is 151 Å². The zero-order valence-corrected chi connectivity index (χ0v) is 14.8. The smallest absolute Gasteiger partial charge is 0.326 e. The lowest BCUT2D eigenvalue weighted by atomic mass is 9.98. The first kappa shape index (κ1) is 18.1. The summed E-state index contributed by atoms with van der Waals surface area (Å²) in [5, 5.41) is 0. The molecule has 26 heavy (non-hydrogen) atoms. The van der Waals surface area contributed by atoms with Crippen LogP contribution in [-0.4, -0.2) is 59.7 Å². The topological polar surface area (TPSA) is 84.0 Å². The van der Waals surface area contributed by atoms with E-state index in [-0.39, 0.29) is 18.9 Å². The number of hydrogen-bond acceptors (Lipinski definition) is 5. The molecule has 0 radical (unpaired) electrons. The van der Waals surface area contributed by atoms with Crippen molar-refractivity contribution in [3.05, 3.63) is 35.4 Å². The third-order valence-corrected chi connectivity index (χ3v) is 4.79. The highest BCUT2D eigenvalue weighted by Crippen LogP contribution is 2.19. The van der Waals surface area contributed by atoms with Crippen LogP contribution in [0.1, 0.15) is 35.7 Å². The third-order valence-electron chi connectivity index (χ3n) is 4.79. The minimum absolute atomic E-state index is 0.0692. The fraction of sp³-hybridized carbons (Fsp3) is 0.474. The molecule has 0 aromatic heterocycles. The Morgan fingerprint density at radius 3 is 2.77 bits per heavy atom. The lowest BCUT2D eigenvalue weighted by Gasteiger charge is -2.30. The molecule has 0 N–H and O–H groups in total. The van der Waals surface area contributed by atoms with Gasteiger partial charge >= 0.3 is 5.97 Å². The highest BCUT2D eigenvalue weighted by molar-refractivity contribution is 6.11. The second-order valence-electron chi connectivity index (χ2n) is 6.87. The Hall–Kier alpha value is -2.70. The van der Waals surface area contributed by atoms with Gasteiger partial charge in [-0.05, 0) is 30.4 Å². The minimum Gasteiger partial charge on any atom is -0.454 e. The van der Waals surface area contributed by atoms with Gasteiger partial charge in [0.2, 0.25) is 5.91 Å². The maximum absolute atomic E-state index is 12.4. The van der Waals surface area contributed by atoms with Crippen molar-refractivity contribution < 1.29 is 23.9 Å². The summed E-state index contributed by atoms with van der Waals surface area (Å²) in [5.41, 5.74) is 1.07. The van der Waals surface area contributed by atoms with Gasteiger partial charge in [0.25, 0.3) is 11.8 Å². The lowest BCUT2D eigenvalue weighted by Crippen LogP contribution is -2.46. The Kier molecular flexibility index (Phi) is 5.35. The Morgan fingerprint density at radius 2 is 2.00 bits per heavy atom. The van der Waals surface area contributed by atoms with Crippen LogP contribution in [0.2, 0.25) is 0 Å². The van der Waals surface area contributed by atoms with Crippen LogP contribution in [-0.2, 0) is 25.5 Å². The number of esters is 1. The number of likely N-dealkylation sites (tertiary alicyclic amines) is 1. The summed E-state index contributed by atoms with van der Waals surface area (Å²) in [6.07, 6.45) is 2.10. The monoisotopic (exact) mass is 358 g/mol. The number of piperidine rings is 1. The molecule has 2 heterocycles. The van der Waals surface area contributed by atoms with E-state index in [4.69, 9.17) is 4.74 Å². The zero-order valence-electron chi connectivity index (χ0n) is 14.8. The summed E-state index contributed by atoms with van der Waals surface area (Å²) < 4.78 is 5.00. The molecule has 138 valence electrons. The second kappa shape index (κ2) is 7.68. The molecule has 2 aliphatic rings. The van der Waals surface area contributed by atoms with Crippen molar-refractivity contribution >= 4 is 23.7 Å². The van der Waals surface area contributed by atoms with Crippen molar-refractivity contribution in [3.63, 3.8) is 0 Å². The van der Waals surface area contributed by atoms with Crippen LogP contribution in [0.4, 0.5) is 0 Å². The van der Waals surface area contributed by atoms with Crippen LogP contribution in [0, 0.1) is 5.92 Å². The van der Waals surface area contributed by atoms with Crippen LogP contribution >= 0.6 is 0 Å². The van der Waals surface area contributed by atoms with Gasteiger partial charge in [0, 0.05) is 18.7 Å². The van der Waals surface area contributed by atoms with Crippen LogP contribution in [0.5, 0.6) is 0 Å². The van der Waals surface area contributed by atoms with Crippen molar-refractivity contribution in [3.8, 4) is 0 Å². The third kappa shape index (κ3) is 3.92. The molecule has 0 spiro atoms. The summed E-state index contributed by atoms with van der Waals surface area (Å²) >= 11 is 0. The molecular weight excluding hydrogens is 336 g/mol. The number of benzene rings is 1. The highest BCUT2D eigenvalue weighted by Gasteiger charge is 2.32. The van der Waals surface area contributed by atoms with Gasteiger partial charge in [-0.1, -0.05) is 25.1 Å². The van der Waals surface area contributed by atoms with E-state index >= 15 is 0 Å². The van der Waals surface area contributed by atoms with Gasteiger partial charge in [0.15, 0.2) is 6.61 Å². The van der Waals surface area contributed by atoms with Crippen molar-refractivity contribution in [1.29, 1.82) is 0 Å². The van der Waals surface area contributed by atoms with Crippen molar-refractivity contribution in [2.45, 2.75) is 26.2 Å². The van der Waals surface area contributed by atoms with Crippen LogP contribution in [0.15, 0.2) is 24.3 Å². The molecule has 7 nitrogen and oxygen atoms in total. The minimum atomic E-state index is -0.760. The Bertz CT molecular complexity index is 745. The largest absolute Gasteiger partial charge is 0.454 e. The second-order valence-corrected chi connectivity index (χ2v) is 6.87. The number of hydrogen-bond donors (Lipinski definition) is 0. The van der Waals surface area contributed by atoms with Crippen molar-refractivity contribution in [1.82, 2.24) is 9.80 Å². The molecule has 1 aromatic rings. The van der Waals surface area contributed by atoms with E-state index in [1.807, 2.05) is 0 Å². The molecule has 0 unspecified atom stereocenters. The van der Waals surface area contributed by atoms with E-state index in [0.717, 1.165) is 17.7 Å². The van der Waals surface area contributed by atoms with E-state index in [9.17, 15) is 19.2 Å². The molecule has 1 atom stereocenters. The predicted octanol–water partition coefficient (Wildman–Crippen LogP) is 1.01. The molecule has 2 aliphatic heterocycles. The van der Waals surface area contributed by atoms with Gasteiger partial charge in [-0.2, -0.15) is 0 Å². The first-order chi connectivity index (χ1) is 12.5. The first-order valence-electron chi connectivity index (χ1n) is 8.81. The van der Waals surface area contributed by atoms with E-state index < -0.39 is 24.3 Å². The molecule has 1 saturated heterocycles. The normalized spacial score (nSPS) is 20.0. The number of fused-ring (bicyclic) bond motifs is 1. The number of carbonyl (C=O) groups is 4. The molecule has 0 saturated carbocycles. The molecule has 7 heteroatoms. The van der Waals surface area contributed by atoms with Crippen LogP contribution in [0.25, 0.3) is 0 Å². The summed E-state index contributed by atoms with van der Waals surface area (Å²) in [7, 11) is 0. The SMILES string of the molecule is C[C@@H]1CCCN(C(=O)COC(=O)CN2C(=O)Cc3ccccc3C2=O)C1. The van der Waals surface area contributed by atoms with E-state index in [0.29, 0.717) is 30.1 Å². The first-order valence-corrected chi connectivity index (χ1v) is 8.81. The van der Waals surface area contributed by atoms with Gasteiger partial charge in [-0.3, -0.25) is 24.1 Å². The lowest BCUT2D eigenvalue weighted by molar-refractivity contribution is -0.154. The number of nitrogens with zero attached hydrogens (tertiary/aromatic N) is 2. The van der Waals surface area contributed by atoms with Gasteiger partial charge in [0.05, 0.1) is 6.42 Å². The molecule has 0 bridgehead atoms.